The van der Waals surface area contributed by atoms with Crippen LogP contribution in [0.25, 0.3) is 5.69 Å². The molecule has 1 aliphatic carbocycles. The standard InChI is InChI=1S/C20H18F3N5O/c1-27(13-5-3-2-4-6-13)19(29)25-16-7-8-17-15(16)12-28(26-17)14-9-10-24-18(11-14)20(21,22)23/h2-6,9-12,16H,7-8H2,1H3,(H,25,29)/t16-/m0/s1. The van der Waals surface area contributed by atoms with Crippen LogP contribution in [-0.2, 0) is 12.6 Å². The Morgan fingerprint density at radius 1 is 1.24 bits per heavy atom. The Bertz CT molecular complexity index is 1030. The third-order valence-corrected chi connectivity index (χ3v) is 4.91. The number of rotatable bonds is 3. The summed E-state index contributed by atoms with van der Waals surface area (Å²) < 4.78 is 40.2. The zero-order valence-electron chi connectivity index (χ0n) is 15.5. The molecule has 2 amide bonds. The summed E-state index contributed by atoms with van der Waals surface area (Å²) in [5.41, 5.74) is 1.64. The molecule has 9 heteroatoms. The van der Waals surface area contributed by atoms with Gasteiger partial charge in [0.05, 0.1) is 17.4 Å². The third kappa shape index (κ3) is 3.80. The number of alkyl halides is 3. The maximum atomic E-state index is 12.9. The fourth-order valence-electron chi connectivity index (χ4n) is 3.36. The van der Waals surface area contributed by atoms with E-state index in [2.05, 4.69) is 15.4 Å². The van der Waals surface area contributed by atoms with E-state index in [-0.39, 0.29) is 17.8 Å². The van der Waals surface area contributed by atoms with E-state index in [1.54, 1.807) is 13.2 Å². The summed E-state index contributed by atoms with van der Waals surface area (Å²) >= 11 is 0. The van der Waals surface area contributed by atoms with Crippen LogP contribution >= 0.6 is 0 Å². The van der Waals surface area contributed by atoms with Crippen LogP contribution < -0.4 is 10.2 Å². The lowest BCUT2D eigenvalue weighted by atomic mass is 10.2. The number of carbonyl (C=O) groups is 1. The molecular weight excluding hydrogens is 383 g/mol. The van der Waals surface area contributed by atoms with Crippen LogP contribution in [0.1, 0.15) is 29.4 Å². The highest BCUT2D eigenvalue weighted by Crippen LogP contribution is 2.32. The lowest BCUT2D eigenvalue weighted by Crippen LogP contribution is -2.38. The number of amides is 2. The van der Waals surface area contributed by atoms with Crippen LogP contribution in [-0.4, -0.2) is 27.8 Å². The molecule has 4 rings (SSSR count). The maximum absolute atomic E-state index is 12.9. The average molecular weight is 401 g/mol. The van der Waals surface area contributed by atoms with Crippen molar-refractivity contribution in [3.05, 3.63) is 71.8 Å². The van der Waals surface area contributed by atoms with Crippen LogP contribution in [0, 0.1) is 0 Å². The summed E-state index contributed by atoms with van der Waals surface area (Å²) in [4.78, 5) is 17.5. The number of urea groups is 1. The fourth-order valence-corrected chi connectivity index (χ4v) is 3.36. The molecule has 0 radical (unpaired) electrons. The van der Waals surface area contributed by atoms with Crippen molar-refractivity contribution in [1.82, 2.24) is 20.1 Å². The minimum Gasteiger partial charge on any atom is -0.331 e. The number of aryl methyl sites for hydroxylation is 1. The number of anilines is 1. The molecule has 1 atom stereocenters. The van der Waals surface area contributed by atoms with Gasteiger partial charge in [0.15, 0.2) is 0 Å². The molecule has 0 saturated heterocycles. The minimum absolute atomic E-state index is 0.249. The molecule has 1 aromatic carbocycles. The molecule has 0 aliphatic heterocycles. The summed E-state index contributed by atoms with van der Waals surface area (Å²) in [7, 11) is 1.68. The Morgan fingerprint density at radius 3 is 2.72 bits per heavy atom. The largest absolute Gasteiger partial charge is 0.433 e. The van der Waals surface area contributed by atoms with E-state index < -0.39 is 11.9 Å². The van der Waals surface area contributed by atoms with Crippen molar-refractivity contribution < 1.29 is 18.0 Å². The van der Waals surface area contributed by atoms with Gasteiger partial charge in [0.2, 0.25) is 0 Å². The van der Waals surface area contributed by atoms with Gasteiger partial charge < -0.3 is 5.32 Å². The number of carbonyl (C=O) groups excluding carboxylic acids is 1. The monoisotopic (exact) mass is 401 g/mol. The Labute approximate surface area is 165 Å². The van der Waals surface area contributed by atoms with Gasteiger partial charge in [-0.3, -0.25) is 9.88 Å². The van der Waals surface area contributed by atoms with Crippen molar-refractivity contribution in [2.45, 2.75) is 25.1 Å². The van der Waals surface area contributed by atoms with Crippen LogP contribution in [0.4, 0.5) is 23.7 Å². The number of hydrogen-bond acceptors (Lipinski definition) is 3. The Balaban J connectivity index is 1.53. The SMILES string of the molecule is CN(C(=O)N[C@H]1CCc2nn(-c3ccnc(C(F)(F)F)c3)cc21)c1ccccc1. The van der Waals surface area contributed by atoms with Gasteiger partial charge in [-0.2, -0.15) is 18.3 Å². The molecule has 3 aromatic rings. The fraction of sp³-hybridized carbons (Fsp3) is 0.250. The van der Waals surface area contributed by atoms with Crippen LogP contribution in [0.2, 0.25) is 0 Å². The smallest absolute Gasteiger partial charge is 0.331 e. The molecule has 1 N–H and O–H groups in total. The van der Waals surface area contributed by atoms with Gasteiger partial charge in [-0.1, -0.05) is 18.2 Å². The molecule has 2 heterocycles. The Hall–Kier alpha value is -3.36. The predicted molar refractivity (Wildman–Crippen MR) is 101 cm³/mol. The molecule has 1 aliphatic rings. The van der Waals surface area contributed by atoms with Gasteiger partial charge in [0.1, 0.15) is 5.69 Å². The number of hydrogen-bond donors (Lipinski definition) is 1. The van der Waals surface area contributed by atoms with E-state index in [0.717, 1.165) is 29.2 Å². The van der Waals surface area contributed by atoms with E-state index >= 15 is 0 Å². The van der Waals surface area contributed by atoms with E-state index in [0.29, 0.717) is 12.8 Å². The highest BCUT2D eigenvalue weighted by molar-refractivity contribution is 5.91. The van der Waals surface area contributed by atoms with Crippen molar-refractivity contribution in [3.8, 4) is 5.69 Å². The normalized spacial score (nSPS) is 15.8. The van der Waals surface area contributed by atoms with Gasteiger partial charge in [-0.15, -0.1) is 0 Å². The van der Waals surface area contributed by atoms with Gasteiger partial charge in [-0.05, 0) is 37.1 Å². The van der Waals surface area contributed by atoms with E-state index in [1.807, 2.05) is 30.3 Å². The maximum Gasteiger partial charge on any atom is 0.433 e. The summed E-state index contributed by atoms with van der Waals surface area (Å²) in [6.45, 7) is 0. The topological polar surface area (TPSA) is 63.1 Å². The number of nitrogens with one attached hydrogen (secondary N) is 1. The molecule has 2 aromatic heterocycles. The molecule has 0 saturated carbocycles. The molecule has 0 unspecified atom stereocenters. The summed E-state index contributed by atoms with van der Waals surface area (Å²) in [5.74, 6) is 0. The molecule has 29 heavy (non-hydrogen) atoms. The van der Waals surface area contributed by atoms with Crippen molar-refractivity contribution in [2.75, 3.05) is 11.9 Å². The second-order valence-corrected chi connectivity index (χ2v) is 6.81. The highest BCUT2D eigenvalue weighted by Gasteiger charge is 2.33. The van der Waals surface area contributed by atoms with Crippen molar-refractivity contribution in [2.24, 2.45) is 0 Å². The number of para-hydroxylation sites is 1. The first-order valence-electron chi connectivity index (χ1n) is 9.04. The number of nitrogens with zero attached hydrogens (tertiary/aromatic N) is 4. The molecule has 6 nitrogen and oxygen atoms in total. The number of halogens is 3. The zero-order valence-corrected chi connectivity index (χ0v) is 15.5. The molecule has 0 bridgehead atoms. The van der Waals surface area contributed by atoms with Crippen molar-refractivity contribution in [1.29, 1.82) is 0 Å². The number of fused-ring (bicyclic) bond motifs is 1. The van der Waals surface area contributed by atoms with Gasteiger partial charge in [0.25, 0.3) is 0 Å². The van der Waals surface area contributed by atoms with Crippen LogP contribution in [0.3, 0.4) is 0 Å². The summed E-state index contributed by atoms with van der Waals surface area (Å²) in [6, 6.07) is 11.1. The lowest BCUT2D eigenvalue weighted by molar-refractivity contribution is -0.141. The first-order valence-corrected chi connectivity index (χ1v) is 9.04. The van der Waals surface area contributed by atoms with Gasteiger partial charge in [0, 0.05) is 30.7 Å². The zero-order chi connectivity index (χ0) is 20.6. The van der Waals surface area contributed by atoms with E-state index in [1.165, 1.54) is 15.6 Å². The van der Waals surface area contributed by atoms with Gasteiger partial charge >= 0.3 is 12.2 Å². The first kappa shape index (κ1) is 19.0. The average Bonchev–Trinajstić information content (AvgIpc) is 3.29. The Kier molecular flexibility index (Phi) is 4.73. The molecular formula is C20H18F3N5O. The van der Waals surface area contributed by atoms with Crippen molar-refractivity contribution in [3.63, 3.8) is 0 Å². The molecule has 0 spiro atoms. The second-order valence-electron chi connectivity index (χ2n) is 6.81. The summed E-state index contributed by atoms with van der Waals surface area (Å²) in [6.07, 6.45) is -0.411. The quantitative estimate of drug-likeness (QED) is 0.718. The predicted octanol–water partition coefficient (Wildman–Crippen LogP) is 4.12. The number of benzene rings is 1. The van der Waals surface area contributed by atoms with Crippen molar-refractivity contribution >= 4 is 11.7 Å². The first-order chi connectivity index (χ1) is 13.8. The van der Waals surface area contributed by atoms with E-state index in [4.69, 9.17) is 0 Å². The Morgan fingerprint density at radius 2 is 2.00 bits per heavy atom. The number of aromatic nitrogens is 3. The third-order valence-electron chi connectivity index (χ3n) is 4.91. The van der Waals surface area contributed by atoms with E-state index in [9.17, 15) is 18.0 Å². The molecule has 150 valence electrons. The second kappa shape index (κ2) is 7.23. The summed E-state index contributed by atoms with van der Waals surface area (Å²) in [5, 5.41) is 7.38. The van der Waals surface area contributed by atoms with Crippen LogP contribution in [0.5, 0.6) is 0 Å². The van der Waals surface area contributed by atoms with Crippen LogP contribution in [0.15, 0.2) is 54.9 Å². The lowest BCUT2D eigenvalue weighted by Gasteiger charge is -2.21. The minimum atomic E-state index is -4.52. The highest BCUT2D eigenvalue weighted by atomic mass is 19.4. The number of pyridine rings is 1. The molecule has 0 fully saturated rings. The van der Waals surface area contributed by atoms with Gasteiger partial charge in [-0.25, -0.2) is 9.48 Å².